The molecule has 32 heavy (non-hydrogen) atoms. The van der Waals surface area contributed by atoms with Gasteiger partial charge in [0.15, 0.2) is 5.60 Å². The maximum absolute atomic E-state index is 11.8. The molecule has 0 saturated carbocycles. The molecule has 1 unspecified atom stereocenters. The zero-order chi connectivity index (χ0) is 22.0. The topological polar surface area (TPSA) is 59.0 Å². The van der Waals surface area contributed by atoms with E-state index in [4.69, 9.17) is 13.6 Å². The molecule has 1 aliphatic rings. The fourth-order valence-corrected chi connectivity index (χ4v) is 6.01. The molecule has 0 radical (unpaired) electrons. The van der Waals surface area contributed by atoms with Gasteiger partial charge in [0.2, 0.25) is 0 Å². The quantitative estimate of drug-likeness (QED) is 0.337. The lowest BCUT2D eigenvalue weighted by molar-refractivity contribution is 0.0609. The summed E-state index contributed by atoms with van der Waals surface area (Å²) in [5.74, 6) is 3.20. The van der Waals surface area contributed by atoms with Gasteiger partial charge in [-0.05, 0) is 66.9 Å². The van der Waals surface area contributed by atoms with Gasteiger partial charge in [-0.3, -0.25) is 4.90 Å². The Kier molecular flexibility index (Phi) is 6.35. The molecule has 5 rings (SSSR count). The first-order chi connectivity index (χ1) is 15.6. The second-order valence-corrected chi connectivity index (χ2v) is 10.1. The number of aliphatic hydroxyl groups is 1. The van der Waals surface area contributed by atoms with Gasteiger partial charge >= 0.3 is 0 Å². The van der Waals surface area contributed by atoms with Gasteiger partial charge < -0.3 is 18.7 Å². The average Bonchev–Trinajstić information content (AvgIpc) is 3.60. The number of aryl methyl sites for hydroxylation is 1. The van der Waals surface area contributed by atoms with Gasteiger partial charge in [-0.2, -0.15) is 0 Å². The van der Waals surface area contributed by atoms with Crippen LogP contribution in [0, 0.1) is 6.92 Å². The Hall–Kier alpha value is -2.16. The number of nitrogens with zero attached hydrogens (tertiary/aromatic N) is 1. The zero-order valence-electron chi connectivity index (χ0n) is 18.0. The second-order valence-electron chi connectivity index (χ2n) is 8.25. The number of furan rings is 2. The molecule has 1 aliphatic heterocycles. The smallest absolute Gasteiger partial charge is 0.191 e. The molecule has 168 valence electrons. The van der Waals surface area contributed by atoms with Crippen molar-refractivity contribution >= 4 is 22.7 Å². The molecule has 7 heteroatoms. The standard InChI is InChI=1S/C25H27NO4S2/c1-18-8-9-20(29-18)16-26(15-19-5-2-12-28-19)17-21-10-11-22(30-21)25(27,23-6-3-13-31-23)24-7-4-14-32-24/h3-4,6-11,13-14,19,27H,2,5,12,15-17H2,1H3. The minimum atomic E-state index is -1.28. The largest absolute Gasteiger partial charge is 0.465 e. The monoisotopic (exact) mass is 469 g/mol. The van der Waals surface area contributed by atoms with Crippen molar-refractivity contribution in [2.45, 2.75) is 44.6 Å². The maximum Gasteiger partial charge on any atom is 0.191 e. The van der Waals surface area contributed by atoms with Crippen LogP contribution in [-0.2, 0) is 23.4 Å². The Morgan fingerprint density at radius 1 is 0.969 bits per heavy atom. The number of hydrogen-bond acceptors (Lipinski definition) is 7. The summed E-state index contributed by atoms with van der Waals surface area (Å²) in [6, 6.07) is 15.7. The van der Waals surface area contributed by atoms with Crippen LogP contribution in [0.5, 0.6) is 0 Å². The molecule has 0 aliphatic carbocycles. The van der Waals surface area contributed by atoms with Gasteiger partial charge in [-0.25, -0.2) is 0 Å². The molecule has 4 aromatic rings. The van der Waals surface area contributed by atoms with Gasteiger partial charge in [0.25, 0.3) is 0 Å². The van der Waals surface area contributed by atoms with Gasteiger partial charge in [-0.15, -0.1) is 22.7 Å². The fraction of sp³-hybridized carbons (Fsp3) is 0.360. The van der Waals surface area contributed by atoms with Crippen LogP contribution in [0.25, 0.3) is 0 Å². The van der Waals surface area contributed by atoms with Gasteiger partial charge in [0.05, 0.1) is 19.2 Å². The highest BCUT2D eigenvalue weighted by Gasteiger charge is 2.39. The van der Waals surface area contributed by atoms with Crippen molar-refractivity contribution in [3.8, 4) is 0 Å². The third-order valence-corrected chi connectivity index (χ3v) is 7.77. The highest BCUT2D eigenvalue weighted by molar-refractivity contribution is 7.11. The Balaban J connectivity index is 1.39. The highest BCUT2D eigenvalue weighted by Crippen LogP contribution is 2.41. The van der Waals surface area contributed by atoms with Crippen molar-refractivity contribution in [1.29, 1.82) is 0 Å². The highest BCUT2D eigenvalue weighted by atomic mass is 32.1. The van der Waals surface area contributed by atoms with E-state index in [1.807, 2.05) is 66.2 Å². The van der Waals surface area contributed by atoms with Crippen LogP contribution in [0.3, 0.4) is 0 Å². The molecular formula is C25H27NO4S2. The minimum Gasteiger partial charge on any atom is -0.465 e. The summed E-state index contributed by atoms with van der Waals surface area (Å²) >= 11 is 3.06. The molecule has 0 bridgehead atoms. The normalized spacial score (nSPS) is 16.9. The van der Waals surface area contributed by atoms with Crippen LogP contribution in [0.4, 0.5) is 0 Å². The molecule has 1 saturated heterocycles. The Bertz CT molecular complexity index is 1070. The lowest BCUT2D eigenvalue weighted by Gasteiger charge is -2.25. The molecular weight excluding hydrogens is 442 g/mol. The van der Waals surface area contributed by atoms with Crippen LogP contribution in [0.1, 0.15) is 45.6 Å². The van der Waals surface area contributed by atoms with Crippen molar-refractivity contribution in [1.82, 2.24) is 4.90 Å². The first-order valence-corrected chi connectivity index (χ1v) is 12.7. The van der Waals surface area contributed by atoms with E-state index in [-0.39, 0.29) is 6.10 Å². The number of thiophene rings is 2. The molecule has 1 fully saturated rings. The molecule has 0 amide bonds. The number of rotatable bonds is 9. The molecule has 0 spiro atoms. The lowest BCUT2D eigenvalue weighted by Crippen LogP contribution is -2.31. The zero-order valence-corrected chi connectivity index (χ0v) is 19.7. The predicted molar refractivity (Wildman–Crippen MR) is 126 cm³/mol. The van der Waals surface area contributed by atoms with E-state index in [0.717, 1.165) is 53.0 Å². The van der Waals surface area contributed by atoms with E-state index >= 15 is 0 Å². The second kappa shape index (κ2) is 9.37. The summed E-state index contributed by atoms with van der Waals surface area (Å²) in [7, 11) is 0. The van der Waals surface area contributed by atoms with Gasteiger partial charge in [0.1, 0.15) is 23.0 Å². The summed E-state index contributed by atoms with van der Waals surface area (Å²) in [6.45, 7) is 4.91. The van der Waals surface area contributed by atoms with Gasteiger partial charge in [0, 0.05) is 22.9 Å². The van der Waals surface area contributed by atoms with E-state index in [9.17, 15) is 5.11 Å². The minimum absolute atomic E-state index is 0.231. The maximum atomic E-state index is 11.8. The third kappa shape index (κ3) is 4.49. The summed E-state index contributed by atoms with van der Waals surface area (Å²) < 4.78 is 18.0. The van der Waals surface area contributed by atoms with Gasteiger partial charge in [-0.1, -0.05) is 12.1 Å². The average molecular weight is 470 g/mol. The third-order valence-electron chi connectivity index (χ3n) is 5.81. The fourth-order valence-electron chi connectivity index (χ4n) is 4.26. The van der Waals surface area contributed by atoms with Crippen molar-refractivity contribution in [2.75, 3.05) is 13.2 Å². The summed E-state index contributed by atoms with van der Waals surface area (Å²) in [5, 5.41) is 15.8. The van der Waals surface area contributed by atoms with E-state index in [2.05, 4.69) is 4.90 Å². The van der Waals surface area contributed by atoms with Crippen LogP contribution in [0.15, 0.2) is 68.1 Å². The molecule has 0 aromatic carbocycles. The molecule has 5 nitrogen and oxygen atoms in total. The molecule has 5 heterocycles. The number of ether oxygens (including phenoxy) is 1. The Morgan fingerprint density at radius 2 is 1.66 bits per heavy atom. The lowest BCUT2D eigenvalue weighted by atomic mass is 9.97. The molecule has 4 aromatic heterocycles. The van der Waals surface area contributed by atoms with Crippen LogP contribution in [0.2, 0.25) is 0 Å². The first-order valence-electron chi connectivity index (χ1n) is 10.9. The SMILES string of the molecule is Cc1ccc(CN(Cc2ccc(C(O)(c3cccs3)c3cccs3)o2)CC2CCCO2)o1. The van der Waals surface area contributed by atoms with Crippen molar-refractivity contribution in [2.24, 2.45) is 0 Å². The Labute approximate surface area is 195 Å². The van der Waals surface area contributed by atoms with E-state index in [1.54, 1.807) is 0 Å². The first kappa shape index (κ1) is 21.7. The Morgan fingerprint density at radius 3 is 2.22 bits per heavy atom. The van der Waals surface area contributed by atoms with Crippen LogP contribution < -0.4 is 0 Å². The summed E-state index contributed by atoms with van der Waals surface area (Å²) in [6.07, 6.45) is 2.42. The van der Waals surface area contributed by atoms with Crippen molar-refractivity contribution in [3.05, 3.63) is 92.1 Å². The number of hydrogen-bond donors (Lipinski definition) is 1. The van der Waals surface area contributed by atoms with Crippen molar-refractivity contribution in [3.63, 3.8) is 0 Å². The predicted octanol–water partition coefficient (Wildman–Crippen LogP) is 5.77. The molecule has 1 atom stereocenters. The van der Waals surface area contributed by atoms with E-state index in [0.29, 0.717) is 18.8 Å². The molecule has 1 N–H and O–H groups in total. The summed E-state index contributed by atoms with van der Waals surface area (Å²) in [5.41, 5.74) is -1.28. The van der Waals surface area contributed by atoms with Crippen LogP contribution >= 0.6 is 22.7 Å². The van der Waals surface area contributed by atoms with E-state index in [1.165, 1.54) is 22.7 Å². The van der Waals surface area contributed by atoms with Crippen LogP contribution in [-0.4, -0.2) is 29.3 Å². The summed E-state index contributed by atoms with van der Waals surface area (Å²) in [4.78, 5) is 4.00. The van der Waals surface area contributed by atoms with Crippen molar-refractivity contribution < 1.29 is 18.7 Å². The van der Waals surface area contributed by atoms with E-state index < -0.39 is 5.60 Å².